The normalized spacial score (nSPS) is 10.6. The first-order valence-electron chi connectivity index (χ1n) is 9.82. The fraction of sp³-hybridized carbons (Fsp3) is 0.304. The number of aryl methyl sites for hydroxylation is 1. The molecule has 0 spiro atoms. The maximum atomic E-state index is 12.9. The number of carbonyl (C=O) groups excluding carboxylic acids is 1. The number of ether oxygens (including phenoxy) is 2. The van der Waals surface area contributed by atoms with Crippen molar-refractivity contribution in [3.63, 3.8) is 0 Å². The first-order chi connectivity index (χ1) is 14.0. The summed E-state index contributed by atoms with van der Waals surface area (Å²) in [4.78, 5) is 12.9. The zero-order valence-corrected chi connectivity index (χ0v) is 17.4. The van der Waals surface area contributed by atoms with Crippen molar-refractivity contribution in [2.45, 2.75) is 34.2 Å². The molecule has 1 heterocycles. The number of aromatic nitrogens is 2. The van der Waals surface area contributed by atoms with Crippen LogP contribution >= 0.6 is 0 Å². The molecular formula is C23H27N3O3. The molecule has 0 unspecified atom stereocenters. The van der Waals surface area contributed by atoms with Crippen LogP contribution in [-0.4, -0.2) is 28.9 Å². The van der Waals surface area contributed by atoms with Gasteiger partial charge in [0.1, 0.15) is 0 Å². The summed E-state index contributed by atoms with van der Waals surface area (Å²) >= 11 is 0. The Labute approximate surface area is 171 Å². The third-order valence-corrected chi connectivity index (χ3v) is 4.60. The van der Waals surface area contributed by atoms with Gasteiger partial charge in [-0.05, 0) is 51.5 Å². The van der Waals surface area contributed by atoms with E-state index in [0.717, 1.165) is 22.6 Å². The quantitative estimate of drug-likeness (QED) is 0.607. The van der Waals surface area contributed by atoms with E-state index < -0.39 is 0 Å². The summed E-state index contributed by atoms with van der Waals surface area (Å²) in [6, 6.07) is 15.3. The van der Waals surface area contributed by atoms with Crippen molar-refractivity contribution in [1.29, 1.82) is 0 Å². The lowest BCUT2D eigenvalue weighted by Crippen LogP contribution is -2.14. The van der Waals surface area contributed by atoms with Crippen LogP contribution in [0.4, 0.5) is 5.69 Å². The smallest absolute Gasteiger partial charge is 0.255 e. The topological polar surface area (TPSA) is 65.4 Å². The van der Waals surface area contributed by atoms with Crippen LogP contribution in [0.5, 0.6) is 11.5 Å². The fourth-order valence-corrected chi connectivity index (χ4v) is 3.17. The Bertz CT molecular complexity index is 981. The molecule has 0 saturated heterocycles. The molecule has 152 valence electrons. The van der Waals surface area contributed by atoms with Crippen molar-refractivity contribution in [3.05, 3.63) is 71.0 Å². The van der Waals surface area contributed by atoms with E-state index in [4.69, 9.17) is 9.47 Å². The number of nitrogens with zero attached hydrogens (tertiary/aromatic N) is 2. The van der Waals surface area contributed by atoms with Gasteiger partial charge in [-0.15, -0.1) is 0 Å². The summed E-state index contributed by atoms with van der Waals surface area (Å²) in [5.74, 6) is 0.989. The van der Waals surface area contributed by atoms with E-state index in [1.54, 1.807) is 18.2 Å². The molecule has 6 nitrogen and oxygen atoms in total. The summed E-state index contributed by atoms with van der Waals surface area (Å²) in [6.45, 7) is 9.35. The molecule has 29 heavy (non-hydrogen) atoms. The number of amides is 1. The first-order valence-corrected chi connectivity index (χ1v) is 9.82. The van der Waals surface area contributed by atoms with E-state index in [1.165, 1.54) is 0 Å². The first kappa shape index (κ1) is 20.5. The largest absolute Gasteiger partial charge is 0.490 e. The van der Waals surface area contributed by atoms with Crippen LogP contribution < -0.4 is 14.8 Å². The Balaban J connectivity index is 1.81. The number of rotatable bonds is 8. The number of benzene rings is 2. The minimum Gasteiger partial charge on any atom is -0.490 e. The van der Waals surface area contributed by atoms with E-state index >= 15 is 0 Å². The van der Waals surface area contributed by atoms with Crippen LogP contribution in [0.15, 0.2) is 48.5 Å². The predicted molar refractivity (Wildman–Crippen MR) is 114 cm³/mol. The average Bonchev–Trinajstić information content (AvgIpc) is 2.97. The van der Waals surface area contributed by atoms with Gasteiger partial charge in [0.15, 0.2) is 11.5 Å². The van der Waals surface area contributed by atoms with Gasteiger partial charge in [0, 0.05) is 5.56 Å². The number of hydrogen-bond donors (Lipinski definition) is 1. The van der Waals surface area contributed by atoms with Crippen LogP contribution in [0, 0.1) is 13.8 Å². The lowest BCUT2D eigenvalue weighted by atomic mass is 10.1. The molecule has 0 saturated carbocycles. The van der Waals surface area contributed by atoms with Gasteiger partial charge in [-0.2, -0.15) is 5.10 Å². The average molecular weight is 393 g/mol. The van der Waals surface area contributed by atoms with Gasteiger partial charge in [-0.3, -0.25) is 9.48 Å². The van der Waals surface area contributed by atoms with Crippen molar-refractivity contribution >= 4 is 11.6 Å². The monoisotopic (exact) mass is 393 g/mol. The van der Waals surface area contributed by atoms with E-state index in [1.807, 2.05) is 50.6 Å². The van der Waals surface area contributed by atoms with Gasteiger partial charge in [-0.25, -0.2) is 0 Å². The third kappa shape index (κ3) is 4.77. The highest BCUT2D eigenvalue weighted by Gasteiger charge is 2.17. The SMILES string of the molecule is CCOc1ccc(C(=O)Nc2c(C)nn(Cc3ccccc3)c2C)cc1OCC. The Morgan fingerprint density at radius 1 is 1.00 bits per heavy atom. The molecule has 0 radical (unpaired) electrons. The van der Waals surface area contributed by atoms with E-state index in [9.17, 15) is 4.79 Å². The summed E-state index contributed by atoms with van der Waals surface area (Å²) in [5.41, 5.74) is 4.09. The second-order valence-corrected chi connectivity index (χ2v) is 6.67. The highest BCUT2D eigenvalue weighted by Crippen LogP contribution is 2.29. The number of nitrogens with one attached hydrogen (secondary N) is 1. The van der Waals surface area contributed by atoms with Gasteiger partial charge in [-0.1, -0.05) is 30.3 Å². The highest BCUT2D eigenvalue weighted by molar-refractivity contribution is 6.05. The van der Waals surface area contributed by atoms with Crippen molar-refractivity contribution in [2.75, 3.05) is 18.5 Å². The maximum Gasteiger partial charge on any atom is 0.255 e. The lowest BCUT2D eigenvalue weighted by Gasteiger charge is -2.12. The molecule has 1 aromatic heterocycles. The van der Waals surface area contributed by atoms with E-state index in [-0.39, 0.29) is 5.91 Å². The summed E-state index contributed by atoms with van der Waals surface area (Å²) in [5, 5.41) is 7.60. The van der Waals surface area contributed by atoms with Crippen LogP contribution in [-0.2, 0) is 6.54 Å². The van der Waals surface area contributed by atoms with E-state index in [2.05, 4.69) is 22.5 Å². The molecule has 1 amide bonds. The molecule has 0 aliphatic carbocycles. The minimum absolute atomic E-state index is 0.209. The Hall–Kier alpha value is -3.28. The molecule has 6 heteroatoms. The summed E-state index contributed by atoms with van der Waals surface area (Å²) in [6.07, 6.45) is 0. The van der Waals surface area contributed by atoms with Crippen molar-refractivity contribution in [2.24, 2.45) is 0 Å². The highest BCUT2D eigenvalue weighted by atomic mass is 16.5. The van der Waals surface area contributed by atoms with Gasteiger partial charge in [0.05, 0.1) is 36.8 Å². The van der Waals surface area contributed by atoms with Crippen LogP contribution in [0.2, 0.25) is 0 Å². The Morgan fingerprint density at radius 3 is 2.38 bits per heavy atom. The second kappa shape index (κ2) is 9.28. The minimum atomic E-state index is -0.209. The van der Waals surface area contributed by atoms with Crippen molar-refractivity contribution < 1.29 is 14.3 Å². The van der Waals surface area contributed by atoms with Crippen molar-refractivity contribution in [1.82, 2.24) is 9.78 Å². The molecule has 0 fully saturated rings. The molecule has 0 atom stereocenters. The zero-order valence-electron chi connectivity index (χ0n) is 17.4. The van der Waals surface area contributed by atoms with E-state index in [0.29, 0.717) is 36.8 Å². The number of carbonyl (C=O) groups is 1. The summed E-state index contributed by atoms with van der Waals surface area (Å²) in [7, 11) is 0. The van der Waals surface area contributed by atoms with Gasteiger partial charge >= 0.3 is 0 Å². The molecule has 0 bridgehead atoms. The Morgan fingerprint density at radius 2 is 1.69 bits per heavy atom. The molecular weight excluding hydrogens is 366 g/mol. The van der Waals surface area contributed by atoms with Gasteiger partial charge in [0.25, 0.3) is 5.91 Å². The standard InChI is InChI=1S/C23H27N3O3/c1-5-28-20-13-12-19(14-21(20)29-6-2)23(27)24-22-16(3)25-26(17(22)4)15-18-10-8-7-9-11-18/h7-14H,5-6,15H2,1-4H3,(H,24,27). The molecule has 0 aliphatic rings. The van der Waals surface area contributed by atoms with Crippen molar-refractivity contribution in [3.8, 4) is 11.5 Å². The second-order valence-electron chi connectivity index (χ2n) is 6.67. The number of anilines is 1. The lowest BCUT2D eigenvalue weighted by molar-refractivity contribution is 0.102. The third-order valence-electron chi connectivity index (χ3n) is 4.60. The molecule has 1 N–H and O–H groups in total. The zero-order chi connectivity index (χ0) is 20.8. The molecule has 0 aliphatic heterocycles. The Kier molecular flexibility index (Phi) is 6.54. The van der Waals surface area contributed by atoms with Crippen LogP contribution in [0.1, 0.15) is 41.2 Å². The molecule has 3 aromatic rings. The van der Waals surface area contributed by atoms with Gasteiger partial charge in [0.2, 0.25) is 0 Å². The molecule has 2 aromatic carbocycles. The predicted octanol–water partition coefficient (Wildman–Crippen LogP) is 4.60. The van der Waals surface area contributed by atoms with Gasteiger partial charge < -0.3 is 14.8 Å². The molecule has 3 rings (SSSR count). The fourth-order valence-electron chi connectivity index (χ4n) is 3.17. The van der Waals surface area contributed by atoms with Crippen LogP contribution in [0.3, 0.4) is 0 Å². The summed E-state index contributed by atoms with van der Waals surface area (Å²) < 4.78 is 13.1. The van der Waals surface area contributed by atoms with Crippen LogP contribution in [0.25, 0.3) is 0 Å². The number of hydrogen-bond acceptors (Lipinski definition) is 4. The maximum absolute atomic E-state index is 12.9.